The summed E-state index contributed by atoms with van der Waals surface area (Å²) in [6.07, 6.45) is 5.11. The number of nitrogens with zero attached hydrogens (tertiary/aromatic N) is 1. The van der Waals surface area contributed by atoms with Crippen molar-refractivity contribution in [2.45, 2.75) is 51.6 Å². The summed E-state index contributed by atoms with van der Waals surface area (Å²) in [4.78, 5) is 2.63. The van der Waals surface area contributed by atoms with Crippen molar-refractivity contribution in [3.05, 3.63) is 0 Å². The van der Waals surface area contributed by atoms with Gasteiger partial charge >= 0.3 is 0 Å². The molecule has 0 spiro atoms. The molecule has 100 valence electrons. The molecule has 1 saturated heterocycles. The molecule has 2 aliphatic rings. The summed E-state index contributed by atoms with van der Waals surface area (Å²) in [7, 11) is 1.81. The van der Waals surface area contributed by atoms with Gasteiger partial charge < -0.3 is 10.5 Å². The molecule has 0 aromatic rings. The number of hydrogen-bond acceptors (Lipinski definition) is 3. The predicted molar refractivity (Wildman–Crippen MR) is 71.0 cm³/mol. The number of likely N-dealkylation sites (tertiary alicyclic amines) is 1. The monoisotopic (exact) mass is 240 g/mol. The van der Waals surface area contributed by atoms with E-state index in [2.05, 4.69) is 18.7 Å². The Morgan fingerprint density at radius 1 is 1.24 bits per heavy atom. The molecule has 2 fully saturated rings. The molecule has 2 N–H and O–H groups in total. The second-order valence-electron chi connectivity index (χ2n) is 6.56. The first-order valence-electron chi connectivity index (χ1n) is 7.03. The van der Waals surface area contributed by atoms with Gasteiger partial charge in [-0.1, -0.05) is 13.8 Å². The van der Waals surface area contributed by atoms with Crippen molar-refractivity contribution in [3.63, 3.8) is 0 Å². The molecule has 2 atom stereocenters. The van der Waals surface area contributed by atoms with E-state index in [0.29, 0.717) is 17.5 Å². The van der Waals surface area contributed by atoms with Crippen LogP contribution in [-0.4, -0.2) is 43.8 Å². The van der Waals surface area contributed by atoms with Crippen molar-refractivity contribution in [3.8, 4) is 0 Å². The van der Waals surface area contributed by atoms with Crippen LogP contribution in [-0.2, 0) is 4.74 Å². The molecule has 1 heterocycles. The minimum atomic E-state index is 0.327. The molecule has 0 aromatic heterocycles. The molecule has 0 amide bonds. The van der Waals surface area contributed by atoms with Gasteiger partial charge in [-0.25, -0.2) is 0 Å². The van der Waals surface area contributed by atoms with E-state index in [4.69, 9.17) is 10.5 Å². The van der Waals surface area contributed by atoms with Crippen molar-refractivity contribution < 1.29 is 4.74 Å². The number of ether oxygens (including phenoxy) is 1. The van der Waals surface area contributed by atoms with E-state index in [1.165, 1.54) is 38.8 Å². The Labute approximate surface area is 106 Å². The highest BCUT2D eigenvalue weighted by Crippen LogP contribution is 2.39. The van der Waals surface area contributed by atoms with Gasteiger partial charge in [-0.05, 0) is 50.1 Å². The maximum atomic E-state index is 6.41. The van der Waals surface area contributed by atoms with Crippen LogP contribution in [0.4, 0.5) is 0 Å². The molecular formula is C14H28N2O. The van der Waals surface area contributed by atoms with E-state index in [9.17, 15) is 0 Å². The van der Waals surface area contributed by atoms with Crippen LogP contribution in [0.3, 0.4) is 0 Å². The third-order valence-corrected chi connectivity index (χ3v) is 4.92. The number of piperidine rings is 1. The fourth-order valence-electron chi connectivity index (χ4n) is 3.48. The normalized spacial score (nSPS) is 35.3. The molecule has 1 aliphatic carbocycles. The third kappa shape index (κ3) is 2.83. The largest absolute Gasteiger partial charge is 0.384 e. The Balaban J connectivity index is 1.85. The summed E-state index contributed by atoms with van der Waals surface area (Å²) in [5.74, 6) is 0.766. The Kier molecular flexibility index (Phi) is 4.11. The average Bonchev–Trinajstić information content (AvgIpc) is 2.56. The number of methoxy groups -OCH3 is 1. The number of hydrogen-bond donors (Lipinski definition) is 1. The van der Waals surface area contributed by atoms with Crippen molar-refractivity contribution in [2.75, 3.05) is 26.8 Å². The van der Waals surface area contributed by atoms with Crippen molar-refractivity contribution in [1.29, 1.82) is 0 Å². The lowest BCUT2D eigenvalue weighted by Crippen LogP contribution is -2.51. The van der Waals surface area contributed by atoms with E-state index in [1.54, 1.807) is 0 Å². The van der Waals surface area contributed by atoms with E-state index in [1.807, 2.05) is 7.11 Å². The molecule has 1 saturated carbocycles. The van der Waals surface area contributed by atoms with Gasteiger partial charge in [0.15, 0.2) is 0 Å². The highest BCUT2D eigenvalue weighted by atomic mass is 16.5. The maximum absolute atomic E-state index is 6.41. The van der Waals surface area contributed by atoms with E-state index in [-0.39, 0.29) is 0 Å². The molecule has 17 heavy (non-hydrogen) atoms. The second kappa shape index (κ2) is 5.25. The maximum Gasteiger partial charge on any atom is 0.0491 e. The van der Waals surface area contributed by atoms with Crippen LogP contribution in [0.5, 0.6) is 0 Å². The predicted octanol–water partition coefficient (Wildman–Crippen LogP) is 1.86. The molecule has 1 aliphatic heterocycles. The zero-order valence-corrected chi connectivity index (χ0v) is 11.6. The van der Waals surface area contributed by atoms with E-state index >= 15 is 0 Å². The summed E-state index contributed by atoms with van der Waals surface area (Å²) >= 11 is 0. The highest BCUT2D eigenvalue weighted by molar-refractivity contribution is 4.99. The van der Waals surface area contributed by atoms with Crippen LogP contribution < -0.4 is 5.73 Å². The lowest BCUT2D eigenvalue weighted by molar-refractivity contribution is 0.0725. The fourth-order valence-corrected chi connectivity index (χ4v) is 3.48. The molecule has 0 bridgehead atoms. The van der Waals surface area contributed by atoms with Gasteiger partial charge in [0.25, 0.3) is 0 Å². The first-order chi connectivity index (χ1) is 8.04. The summed E-state index contributed by atoms with van der Waals surface area (Å²) in [5, 5.41) is 0. The van der Waals surface area contributed by atoms with Crippen molar-refractivity contribution >= 4 is 0 Å². The Bertz CT molecular complexity index is 247. The Morgan fingerprint density at radius 2 is 1.88 bits per heavy atom. The summed E-state index contributed by atoms with van der Waals surface area (Å²) in [6.45, 7) is 7.98. The average molecular weight is 240 g/mol. The number of rotatable bonds is 3. The molecule has 3 nitrogen and oxygen atoms in total. The lowest BCUT2D eigenvalue weighted by atomic mass is 9.86. The smallest absolute Gasteiger partial charge is 0.0491 e. The van der Waals surface area contributed by atoms with Crippen LogP contribution in [0.15, 0.2) is 0 Å². The number of nitrogens with two attached hydrogens (primary N) is 1. The van der Waals surface area contributed by atoms with Crippen LogP contribution in [0, 0.1) is 11.3 Å². The van der Waals surface area contributed by atoms with Gasteiger partial charge in [0, 0.05) is 25.8 Å². The SMILES string of the molecule is COCC1CCN(C2CCC(C)(C)C2N)CC1. The molecule has 0 radical (unpaired) electrons. The first-order valence-corrected chi connectivity index (χ1v) is 7.03. The molecular weight excluding hydrogens is 212 g/mol. The minimum Gasteiger partial charge on any atom is -0.384 e. The zero-order valence-electron chi connectivity index (χ0n) is 11.6. The van der Waals surface area contributed by atoms with Crippen molar-refractivity contribution in [1.82, 2.24) is 4.90 Å². The molecule has 0 aromatic carbocycles. The Morgan fingerprint density at radius 3 is 2.35 bits per heavy atom. The lowest BCUT2D eigenvalue weighted by Gasteiger charge is -2.39. The minimum absolute atomic E-state index is 0.327. The van der Waals surface area contributed by atoms with E-state index in [0.717, 1.165) is 12.5 Å². The topological polar surface area (TPSA) is 38.5 Å². The molecule has 2 unspecified atom stereocenters. The van der Waals surface area contributed by atoms with Crippen LogP contribution in [0.1, 0.15) is 39.5 Å². The Hall–Kier alpha value is -0.120. The quantitative estimate of drug-likeness (QED) is 0.818. The van der Waals surface area contributed by atoms with Gasteiger partial charge in [-0.15, -0.1) is 0 Å². The molecule has 3 heteroatoms. The van der Waals surface area contributed by atoms with Gasteiger partial charge in [0.2, 0.25) is 0 Å². The standard InChI is InChI=1S/C14H28N2O/c1-14(2)7-4-12(13(14)15)16-8-5-11(6-9-16)10-17-3/h11-13H,4-10,15H2,1-3H3. The van der Waals surface area contributed by atoms with Crippen molar-refractivity contribution in [2.24, 2.45) is 17.1 Å². The first kappa shape index (κ1) is 13.3. The summed E-state index contributed by atoms with van der Waals surface area (Å²) in [5.41, 5.74) is 6.74. The summed E-state index contributed by atoms with van der Waals surface area (Å²) in [6, 6.07) is 0.968. The highest BCUT2D eigenvalue weighted by Gasteiger charge is 2.42. The van der Waals surface area contributed by atoms with Gasteiger partial charge in [-0.2, -0.15) is 0 Å². The van der Waals surface area contributed by atoms with Gasteiger partial charge in [0.1, 0.15) is 0 Å². The van der Waals surface area contributed by atoms with Crippen LogP contribution >= 0.6 is 0 Å². The van der Waals surface area contributed by atoms with Crippen LogP contribution in [0.25, 0.3) is 0 Å². The zero-order chi connectivity index (χ0) is 12.5. The van der Waals surface area contributed by atoms with Crippen LogP contribution in [0.2, 0.25) is 0 Å². The third-order valence-electron chi connectivity index (χ3n) is 4.92. The van der Waals surface area contributed by atoms with E-state index < -0.39 is 0 Å². The fraction of sp³-hybridized carbons (Fsp3) is 1.00. The molecule has 2 rings (SSSR count). The van der Waals surface area contributed by atoms with Gasteiger partial charge in [-0.3, -0.25) is 4.90 Å². The summed E-state index contributed by atoms with van der Waals surface area (Å²) < 4.78 is 5.25. The van der Waals surface area contributed by atoms with Gasteiger partial charge in [0.05, 0.1) is 0 Å². The second-order valence-corrected chi connectivity index (χ2v) is 6.56.